The molecule has 0 unspecified atom stereocenters. The van der Waals surface area contributed by atoms with Gasteiger partial charge < -0.3 is 10.6 Å². The summed E-state index contributed by atoms with van der Waals surface area (Å²) in [5.41, 5.74) is 0. The third kappa shape index (κ3) is 4.45. The van der Waals surface area contributed by atoms with Crippen LogP contribution in [-0.2, 0) is 14.6 Å². The zero-order valence-electron chi connectivity index (χ0n) is 11.4. The summed E-state index contributed by atoms with van der Waals surface area (Å²) in [6, 6.07) is 0.185. The Morgan fingerprint density at radius 1 is 1.05 bits per heavy atom. The SMILES string of the molecule is O=C(CS(=O)(=O)C1CCNCC1)NC1CCCCC1. The van der Waals surface area contributed by atoms with Gasteiger partial charge in [-0.05, 0) is 38.8 Å². The lowest BCUT2D eigenvalue weighted by molar-refractivity contribution is -0.119. The van der Waals surface area contributed by atoms with Gasteiger partial charge in [-0.1, -0.05) is 19.3 Å². The number of carbonyl (C=O) groups excluding carboxylic acids is 1. The fourth-order valence-electron chi connectivity index (χ4n) is 2.97. The van der Waals surface area contributed by atoms with Gasteiger partial charge in [-0.25, -0.2) is 8.42 Å². The molecule has 110 valence electrons. The van der Waals surface area contributed by atoms with E-state index in [0.717, 1.165) is 38.8 Å². The molecule has 0 aromatic rings. The second kappa shape index (κ2) is 6.70. The summed E-state index contributed by atoms with van der Waals surface area (Å²) in [6.45, 7) is 1.46. The minimum Gasteiger partial charge on any atom is -0.352 e. The molecule has 0 spiro atoms. The third-order valence-electron chi connectivity index (χ3n) is 4.10. The molecular formula is C13H24N2O3S. The lowest BCUT2D eigenvalue weighted by Crippen LogP contribution is -2.43. The van der Waals surface area contributed by atoms with Crippen molar-refractivity contribution in [3.63, 3.8) is 0 Å². The molecule has 19 heavy (non-hydrogen) atoms. The highest BCUT2D eigenvalue weighted by atomic mass is 32.2. The van der Waals surface area contributed by atoms with E-state index in [9.17, 15) is 13.2 Å². The molecule has 1 amide bonds. The Morgan fingerprint density at radius 3 is 2.32 bits per heavy atom. The van der Waals surface area contributed by atoms with E-state index in [-0.39, 0.29) is 23.0 Å². The lowest BCUT2D eigenvalue weighted by atomic mass is 9.95. The first kappa shape index (κ1) is 14.8. The first-order chi connectivity index (χ1) is 9.08. The summed E-state index contributed by atoms with van der Waals surface area (Å²) in [5.74, 6) is -0.654. The van der Waals surface area contributed by atoms with Gasteiger partial charge in [0.2, 0.25) is 5.91 Å². The smallest absolute Gasteiger partial charge is 0.235 e. The van der Waals surface area contributed by atoms with E-state index >= 15 is 0 Å². The Bertz CT molecular complexity index is 396. The van der Waals surface area contributed by atoms with Crippen molar-refractivity contribution in [2.45, 2.75) is 56.2 Å². The Hall–Kier alpha value is -0.620. The van der Waals surface area contributed by atoms with E-state index in [4.69, 9.17) is 0 Å². The van der Waals surface area contributed by atoms with Gasteiger partial charge in [0.05, 0.1) is 5.25 Å². The van der Waals surface area contributed by atoms with Gasteiger partial charge in [0.25, 0.3) is 0 Å². The summed E-state index contributed by atoms with van der Waals surface area (Å²) in [4.78, 5) is 11.9. The van der Waals surface area contributed by atoms with Crippen LogP contribution in [0.1, 0.15) is 44.9 Å². The normalized spacial score (nSPS) is 23.2. The third-order valence-corrected chi connectivity index (χ3v) is 6.25. The predicted molar refractivity (Wildman–Crippen MR) is 74.7 cm³/mol. The number of hydrogen-bond donors (Lipinski definition) is 2. The average molecular weight is 288 g/mol. The van der Waals surface area contributed by atoms with Crippen molar-refractivity contribution in [2.24, 2.45) is 0 Å². The van der Waals surface area contributed by atoms with E-state index in [0.29, 0.717) is 12.8 Å². The molecule has 1 saturated carbocycles. The summed E-state index contributed by atoms with van der Waals surface area (Å²) in [7, 11) is -3.29. The van der Waals surface area contributed by atoms with Crippen LogP contribution in [0, 0.1) is 0 Å². The van der Waals surface area contributed by atoms with Gasteiger partial charge in [0.1, 0.15) is 5.75 Å². The van der Waals surface area contributed by atoms with Crippen molar-refractivity contribution in [1.82, 2.24) is 10.6 Å². The van der Waals surface area contributed by atoms with Crippen LogP contribution in [0.2, 0.25) is 0 Å². The molecule has 1 aliphatic heterocycles. The zero-order valence-corrected chi connectivity index (χ0v) is 12.2. The summed E-state index contributed by atoms with van der Waals surface area (Å²) < 4.78 is 24.3. The molecule has 1 heterocycles. The minimum absolute atomic E-state index is 0.185. The van der Waals surface area contributed by atoms with Crippen LogP contribution in [0.25, 0.3) is 0 Å². The van der Waals surface area contributed by atoms with Crippen LogP contribution in [0.3, 0.4) is 0 Å². The van der Waals surface area contributed by atoms with Gasteiger partial charge in [0, 0.05) is 6.04 Å². The van der Waals surface area contributed by atoms with Crippen molar-refractivity contribution >= 4 is 15.7 Å². The second-order valence-electron chi connectivity index (χ2n) is 5.66. The standard InChI is InChI=1S/C13H24N2O3S/c16-13(15-11-4-2-1-3-5-11)10-19(17,18)12-6-8-14-9-7-12/h11-12,14H,1-10H2,(H,15,16). The van der Waals surface area contributed by atoms with Crippen molar-refractivity contribution in [3.05, 3.63) is 0 Å². The molecule has 0 atom stereocenters. The first-order valence-corrected chi connectivity index (χ1v) is 9.01. The minimum atomic E-state index is -3.29. The fraction of sp³-hybridized carbons (Fsp3) is 0.923. The maximum Gasteiger partial charge on any atom is 0.235 e. The van der Waals surface area contributed by atoms with E-state index < -0.39 is 9.84 Å². The lowest BCUT2D eigenvalue weighted by Gasteiger charge is -2.25. The molecule has 1 aliphatic carbocycles. The van der Waals surface area contributed by atoms with E-state index in [1.54, 1.807) is 0 Å². The maximum atomic E-state index is 12.1. The number of rotatable bonds is 4. The van der Waals surface area contributed by atoms with Gasteiger partial charge in [-0.2, -0.15) is 0 Å². The van der Waals surface area contributed by atoms with E-state index in [1.807, 2.05) is 0 Å². The van der Waals surface area contributed by atoms with Gasteiger partial charge in [-0.15, -0.1) is 0 Å². The Kier molecular flexibility index (Phi) is 5.21. The van der Waals surface area contributed by atoms with E-state index in [2.05, 4.69) is 10.6 Å². The van der Waals surface area contributed by atoms with Crippen molar-refractivity contribution in [1.29, 1.82) is 0 Å². The van der Waals surface area contributed by atoms with Crippen LogP contribution in [0.15, 0.2) is 0 Å². The number of carbonyl (C=O) groups is 1. The molecule has 6 heteroatoms. The van der Waals surface area contributed by atoms with Crippen molar-refractivity contribution in [3.8, 4) is 0 Å². The van der Waals surface area contributed by atoms with Gasteiger partial charge >= 0.3 is 0 Å². The number of sulfone groups is 1. The highest BCUT2D eigenvalue weighted by Gasteiger charge is 2.30. The fourth-order valence-corrected chi connectivity index (χ4v) is 4.61. The number of amides is 1. The summed E-state index contributed by atoms with van der Waals surface area (Å²) >= 11 is 0. The van der Waals surface area contributed by atoms with Crippen LogP contribution in [0.4, 0.5) is 0 Å². The second-order valence-corrected chi connectivity index (χ2v) is 7.94. The maximum absolute atomic E-state index is 12.1. The highest BCUT2D eigenvalue weighted by Crippen LogP contribution is 2.18. The zero-order chi connectivity index (χ0) is 13.7. The monoisotopic (exact) mass is 288 g/mol. The number of piperidine rings is 1. The van der Waals surface area contributed by atoms with Crippen LogP contribution >= 0.6 is 0 Å². The Labute approximate surface area is 115 Å². The van der Waals surface area contributed by atoms with Crippen molar-refractivity contribution < 1.29 is 13.2 Å². The molecule has 2 fully saturated rings. The Morgan fingerprint density at radius 2 is 1.68 bits per heavy atom. The predicted octanol–water partition coefficient (Wildman–Crippen LogP) is 0.602. The molecule has 5 nitrogen and oxygen atoms in total. The van der Waals surface area contributed by atoms with Crippen LogP contribution in [0.5, 0.6) is 0 Å². The molecule has 0 bridgehead atoms. The van der Waals surface area contributed by atoms with Crippen LogP contribution < -0.4 is 10.6 Å². The van der Waals surface area contributed by atoms with Gasteiger partial charge in [0.15, 0.2) is 9.84 Å². The Balaban J connectivity index is 1.82. The largest absolute Gasteiger partial charge is 0.352 e. The number of hydrogen-bond acceptors (Lipinski definition) is 4. The molecule has 1 saturated heterocycles. The molecule has 0 aromatic carbocycles. The molecule has 2 aliphatic rings. The molecular weight excluding hydrogens is 264 g/mol. The average Bonchev–Trinajstić information content (AvgIpc) is 2.40. The van der Waals surface area contributed by atoms with Gasteiger partial charge in [-0.3, -0.25) is 4.79 Å². The first-order valence-electron chi connectivity index (χ1n) is 7.29. The number of nitrogens with one attached hydrogen (secondary N) is 2. The molecule has 2 rings (SSSR count). The topological polar surface area (TPSA) is 75.3 Å². The molecule has 0 aromatic heterocycles. The van der Waals surface area contributed by atoms with Crippen molar-refractivity contribution in [2.75, 3.05) is 18.8 Å². The molecule has 0 radical (unpaired) electrons. The van der Waals surface area contributed by atoms with Crippen LogP contribution in [-0.4, -0.2) is 44.5 Å². The molecule has 2 N–H and O–H groups in total. The quantitative estimate of drug-likeness (QED) is 0.794. The van der Waals surface area contributed by atoms with E-state index in [1.165, 1.54) is 6.42 Å². The summed E-state index contributed by atoms with van der Waals surface area (Å²) in [6.07, 6.45) is 6.70. The summed E-state index contributed by atoms with van der Waals surface area (Å²) in [5, 5.41) is 5.68. The highest BCUT2D eigenvalue weighted by molar-refractivity contribution is 7.92.